The highest BCUT2D eigenvalue weighted by Gasteiger charge is 2.08. The van der Waals surface area contributed by atoms with E-state index >= 15 is 0 Å². The van der Waals surface area contributed by atoms with Crippen molar-refractivity contribution in [1.82, 2.24) is 0 Å². The molecule has 0 amide bonds. The minimum Gasteiger partial charge on any atom is -0.508 e. The third-order valence-corrected chi connectivity index (χ3v) is 3.03. The number of halogens is 1. The van der Waals surface area contributed by atoms with Crippen LogP contribution in [0.25, 0.3) is 11.0 Å². The smallest absolute Gasteiger partial charge is 0.336 e. The first-order valence-electron chi connectivity index (χ1n) is 6.26. The van der Waals surface area contributed by atoms with Gasteiger partial charge in [-0.05, 0) is 24.3 Å². The molecule has 0 fully saturated rings. The van der Waals surface area contributed by atoms with Gasteiger partial charge >= 0.3 is 5.63 Å². The minimum absolute atomic E-state index is 0.00202. The van der Waals surface area contributed by atoms with Crippen LogP contribution < -0.4 is 10.4 Å². The molecule has 1 aromatic heterocycles. The van der Waals surface area contributed by atoms with Crippen molar-refractivity contribution >= 4 is 11.0 Å². The average Bonchev–Trinajstić information content (AvgIpc) is 2.45. The van der Waals surface area contributed by atoms with Crippen molar-refractivity contribution in [3.8, 4) is 11.5 Å². The van der Waals surface area contributed by atoms with Gasteiger partial charge in [-0.2, -0.15) is 0 Å². The molecule has 1 N–H and O–H groups in total. The van der Waals surface area contributed by atoms with Crippen LogP contribution in [0.4, 0.5) is 4.39 Å². The van der Waals surface area contributed by atoms with Gasteiger partial charge in [-0.1, -0.05) is 12.1 Å². The van der Waals surface area contributed by atoms with Crippen molar-refractivity contribution in [3.63, 3.8) is 0 Å². The van der Waals surface area contributed by atoms with Gasteiger partial charge in [-0.15, -0.1) is 0 Å². The fraction of sp³-hybridized carbons (Fsp3) is 0.0625. The molecule has 21 heavy (non-hydrogen) atoms. The molecule has 1 heterocycles. The highest BCUT2D eigenvalue weighted by molar-refractivity contribution is 5.81. The number of aromatic hydroxyl groups is 1. The third-order valence-electron chi connectivity index (χ3n) is 3.03. The van der Waals surface area contributed by atoms with E-state index in [0.29, 0.717) is 10.9 Å². The molecule has 3 aromatic rings. The number of phenolic OH excluding ortho intramolecular Hbond substituents is 1. The summed E-state index contributed by atoms with van der Waals surface area (Å²) in [5.41, 5.74) is 0.263. The molecule has 106 valence electrons. The zero-order valence-electron chi connectivity index (χ0n) is 10.9. The zero-order chi connectivity index (χ0) is 14.8. The predicted molar refractivity (Wildman–Crippen MR) is 74.9 cm³/mol. The molecule has 0 unspecified atom stereocenters. The molecular weight excluding hydrogens is 275 g/mol. The summed E-state index contributed by atoms with van der Waals surface area (Å²) >= 11 is 0. The number of fused-ring (bicyclic) bond motifs is 1. The molecule has 0 atom stereocenters. The lowest BCUT2D eigenvalue weighted by atomic mass is 10.1. The maximum Gasteiger partial charge on any atom is 0.336 e. The molecule has 3 rings (SSSR count). The lowest BCUT2D eigenvalue weighted by molar-refractivity contribution is 0.291. The number of ether oxygens (including phenoxy) is 1. The Morgan fingerprint density at radius 3 is 2.76 bits per heavy atom. The van der Waals surface area contributed by atoms with Gasteiger partial charge in [0.15, 0.2) is 11.6 Å². The lowest BCUT2D eigenvalue weighted by Crippen LogP contribution is -2.04. The average molecular weight is 286 g/mol. The molecule has 0 spiro atoms. The first kappa shape index (κ1) is 13.2. The highest BCUT2D eigenvalue weighted by Crippen LogP contribution is 2.23. The van der Waals surface area contributed by atoms with Gasteiger partial charge in [0.2, 0.25) is 0 Å². The van der Waals surface area contributed by atoms with E-state index in [2.05, 4.69) is 0 Å². The minimum atomic E-state index is -0.555. The monoisotopic (exact) mass is 286 g/mol. The Bertz CT molecular complexity index is 854. The fourth-order valence-corrected chi connectivity index (χ4v) is 2.06. The topological polar surface area (TPSA) is 59.7 Å². The molecule has 5 heteroatoms. The number of para-hydroxylation sites is 1. The van der Waals surface area contributed by atoms with E-state index in [1.165, 1.54) is 30.3 Å². The van der Waals surface area contributed by atoms with Crippen molar-refractivity contribution in [2.24, 2.45) is 0 Å². The summed E-state index contributed by atoms with van der Waals surface area (Å²) in [4.78, 5) is 11.5. The molecular formula is C16H11FO4. The van der Waals surface area contributed by atoms with Gasteiger partial charge < -0.3 is 14.3 Å². The van der Waals surface area contributed by atoms with Crippen LogP contribution in [0.5, 0.6) is 11.5 Å². The van der Waals surface area contributed by atoms with Gasteiger partial charge in [0.1, 0.15) is 17.9 Å². The van der Waals surface area contributed by atoms with Gasteiger partial charge in [0.25, 0.3) is 0 Å². The molecule has 0 bridgehead atoms. The predicted octanol–water partition coefficient (Wildman–Crippen LogP) is 3.22. The van der Waals surface area contributed by atoms with Crippen LogP contribution in [-0.2, 0) is 6.61 Å². The van der Waals surface area contributed by atoms with E-state index in [4.69, 9.17) is 9.15 Å². The SMILES string of the molecule is O=c1cc(COc2ccccc2F)c2ccc(O)cc2o1. The van der Waals surface area contributed by atoms with Crippen LogP contribution in [0, 0.1) is 5.82 Å². The fourth-order valence-electron chi connectivity index (χ4n) is 2.06. The maximum absolute atomic E-state index is 13.5. The second kappa shape index (κ2) is 5.28. The molecule has 0 aliphatic rings. The molecule has 4 nitrogen and oxygen atoms in total. The van der Waals surface area contributed by atoms with E-state index in [9.17, 15) is 14.3 Å². The van der Waals surface area contributed by atoms with E-state index in [-0.39, 0.29) is 23.7 Å². The van der Waals surface area contributed by atoms with Crippen molar-refractivity contribution in [2.45, 2.75) is 6.61 Å². The van der Waals surface area contributed by atoms with Gasteiger partial charge in [0.05, 0.1) is 0 Å². The van der Waals surface area contributed by atoms with Crippen molar-refractivity contribution in [1.29, 1.82) is 0 Å². The third kappa shape index (κ3) is 2.72. The van der Waals surface area contributed by atoms with Crippen LogP contribution in [0.3, 0.4) is 0 Å². The summed E-state index contributed by atoms with van der Waals surface area (Å²) in [5.74, 6) is -0.363. The first-order valence-corrected chi connectivity index (χ1v) is 6.26. The van der Waals surface area contributed by atoms with E-state index < -0.39 is 11.4 Å². The molecule has 0 aliphatic heterocycles. The largest absolute Gasteiger partial charge is 0.508 e. The molecule has 0 radical (unpaired) electrons. The second-order valence-electron chi connectivity index (χ2n) is 4.49. The van der Waals surface area contributed by atoms with Crippen molar-refractivity contribution < 1.29 is 18.7 Å². The Labute approximate surface area is 119 Å². The molecule has 0 aliphatic carbocycles. The van der Waals surface area contributed by atoms with Crippen LogP contribution in [-0.4, -0.2) is 5.11 Å². The number of hydrogen-bond acceptors (Lipinski definition) is 4. The van der Waals surface area contributed by atoms with E-state index in [1.807, 2.05) is 0 Å². The van der Waals surface area contributed by atoms with E-state index in [0.717, 1.165) is 0 Å². The number of rotatable bonds is 3. The number of phenols is 1. The molecule has 0 saturated carbocycles. The number of hydrogen-bond donors (Lipinski definition) is 1. The Kier molecular flexibility index (Phi) is 3.31. The molecule has 2 aromatic carbocycles. The van der Waals surface area contributed by atoms with Crippen LogP contribution in [0.1, 0.15) is 5.56 Å². The van der Waals surface area contributed by atoms with Crippen LogP contribution >= 0.6 is 0 Å². The number of benzene rings is 2. The normalized spacial score (nSPS) is 10.7. The van der Waals surface area contributed by atoms with Gasteiger partial charge in [0, 0.05) is 23.1 Å². The van der Waals surface area contributed by atoms with Crippen LogP contribution in [0.15, 0.2) is 57.7 Å². The van der Waals surface area contributed by atoms with Crippen molar-refractivity contribution in [2.75, 3.05) is 0 Å². The maximum atomic E-state index is 13.5. The summed E-state index contributed by atoms with van der Waals surface area (Å²) in [6, 6.07) is 11.8. The standard InChI is InChI=1S/C16H11FO4/c17-13-3-1-2-4-14(13)20-9-10-7-16(19)21-15-8-11(18)5-6-12(10)15/h1-8,18H,9H2. The van der Waals surface area contributed by atoms with Crippen LogP contribution in [0.2, 0.25) is 0 Å². The Hall–Kier alpha value is -2.82. The quantitative estimate of drug-likeness (QED) is 0.751. The van der Waals surface area contributed by atoms with E-state index in [1.54, 1.807) is 18.2 Å². The summed E-state index contributed by atoms with van der Waals surface area (Å²) < 4.78 is 23.9. The zero-order valence-corrected chi connectivity index (χ0v) is 10.9. The Balaban J connectivity index is 1.97. The van der Waals surface area contributed by atoms with Gasteiger partial charge in [-0.3, -0.25) is 0 Å². The summed E-state index contributed by atoms with van der Waals surface area (Å²) in [6.45, 7) is 0.0216. The van der Waals surface area contributed by atoms with Gasteiger partial charge in [-0.25, -0.2) is 9.18 Å². The summed E-state index contributed by atoms with van der Waals surface area (Å²) in [7, 11) is 0. The highest BCUT2D eigenvalue weighted by atomic mass is 19.1. The Morgan fingerprint density at radius 2 is 1.95 bits per heavy atom. The first-order chi connectivity index (χ1) is 10.1. The lowest BCUT2D eigenvalue weighted by Gasteiger charge is -2.09. The second-order valence-corrected chi connectivity index (χ2v) is 4.49. The molecule has 0 saturated heterocycles. The van der Waals surface area contributed by atoms with Crippen molar-refractivity contribution in [3.05, 3.63) is 70.3 Å². The summed E-state index contributed by atoms with van der Waals surface area (Å²) in [6.07, 6.45) is 0. The Morgan fingerprint density at radius 1 is 1.14 bits per heavy atom. The summed E-state index contributed by atoms with van der Waals surface area (Å²) in [5, 5.41) is 10.0.